The normalized spacial score (nSPS) is 13.1. The number of fused-ring (bicyclic) bond motifs is 8. The molecule has 1 aromatic heterocycles. The second-order valence-corrected chi connectivity index (χ2v) is 19.9. The molecule has 326 valence electrons. The first-order valence-electron chi connectivity index (χ1n) is 24.5. The summed E-state index contributed by atoms with van der Waals surface area (Å²) in [5.41, 5.74) is 19.3. The minimum Gasteiger partial charge on any atom is -0.456 e. The number of benzene rings is 13. The van der Waals surface area contributed by atoms with Gasteiger partial charge in [0.25, 0.3) is 0 Å². The van der Waals surface area contributed by atoms with Gasteiger partial charge in [0.2, 0.25) is 0 Å². The highest BCUT2D eigenvalue weighted by atomic mass is 16.3. The summed E-state index contributed by atoms with van der Waals surface area (Å²) in [7, 11) is 0. The van der Waals surface area contributed by atoms with E-state index in [0.717, 1.165) is 27.5 Å². The van der Waals surface area contributed by atoms with Crippen molar-refractivity contribution in [2.24, 2.45) is 0 Å². The highest BCUT2D eigenvalue weighted by Gasteiger charge is 2.35. The Morgan fingerprint density at radius 2 is 0.771 bits per heavy atom. The van der Waals surface area contributed by atoms with Crippen LogP contribution in [-0.4, -0.2) is 0 Å². The van der Waals surface area contributed by atoms with Gasteiger partial charge in [0.05, 0.1) is 0 Å². The lowest BCUT2D eigenvalue weighted by atomic mass is 9.81. The van der Waals surface area contributed by atoms with E-state index in [0.29, 0.717) is 0 Å². The highest BCUT2D eigenvalue weighted by molar-refractivity contribution is 6.29. The number of hydrogen-bond donors (Lipinski definition) is 0. The summed E-state index contributed by atoms with van der Waals surface area (Å²) >= 11 is 0. The van der Waals surface area contributed by atoms with E-state index in [2.05, 4.69) is 238 Å². The maximum absolute atomic E-state index is 6.33. The monoisotopic (exact) mass is 888 g/mol. The van der Waals surface area contributed by atoms with Crippen molar-refractivity contribution < 1.29 is 4.42 Å². The van der Waals surface area contributed by atoms with Crippen molar-refractivity contribution in [3.8, 4) is 66.8 Å². The summed E-state index contributed by atoms with van der Waals surface area (Å²) < 4.78 is 6.33. The number of rotatable bonds is 5. The molecule has 13 aromatic carbocycles. The van der Waals surface area contributed by atoms with Gasteiger partial charge in [-0.1, -0.05) is 220 Å². The molecule has 0 N–H and O–H groups in total. The Hall–Kier alpha value is -8.78. The van der Waals surface area contributed by atoms with Crippen LogP contribution in [-0.2, 0) is 5.41 Å². The molecular weight excluding hydrogens is 845 g/mol. The Balaban J connectivity index is 0.935. The van der Waals surface area contributed by atoms with Gasteiger partial charge >= 0.3 is 0 Å². The first kappa shape index (κ1) is 39.2. The molecule has 0 atom stereocenters. The van der Waals surface area contributed by atoms with Crippen LogP contribution in [0.3, 0.4) is 0 Å². The van der Waals surface area contributed by atoms with Crippen molar-refractivity contribution >= 4 is 75.8 Å². The molecule has 0 radical (unpaired) electrons. The Kier molecular flexibility index (Phi) is 8.19. The molecule has 0 saturated heterocycles. The molecule has 0 bridgehead atoms. The van der Waals surface area contributed by atoms with Gasteiger partial charge in [-0.3, -0.25) is 0 Å². The first-order chi connectivity index (χ1) is 34.5. The summed E-state index contributed by atoms with van der Waals surface area (Å²) in [5.74, 6) is 0. The highest BCUT2D eigenvalue weighted by Crippen LogP contribution is 2.52. The van der Waals surface area contributed by atoms with Crippen molar-refractivity contribution in [3.05, 3.63) is 242 Å². The number of furan rings is 1. The maximum Gasteiger partial charge on any atom is 0.135 e. The number of para-hydroxylation sites is 1. The molecule has 0 spiro atoms. The van der Waals surface area contributed by atoms with E-state index in [1.807, 2.05) is 6.07 Å². The van der Waals surface area contributed by atoms with Gasteiger partial charge < -0.3 is 4.42 Å². The Bertz CT molecular complexity index is 4410. The van der Waals surface area contributed by atoms with Gasteiger partial charge in [0.1, 0.15) is 11.2 Å². The average molecular weight is 889 g/mol. The molecule has 0 saturated carbocycles. The zero-order valence-electron chi connectivity index (χ0n) is 38.8. The lowest BCUT2D eigenvalue weighted by Crippen LogP contribution is -2.14. The minimum atomic E-state index is -0.0672. The van der Waals surface area contributed by atoms with Crippen LogP contribution in [0.5, 0.6) is 0 Å². The predicted molar refractivity (Wildman–Crippen MR) is 297 cm³/mol. The van der Waals surface area contributed by atoms with Gasteiger partial charge in [-0.05, 0) is 156 Å². The van der Waals surface area contributed by atoms with E-state index >= 15 is 0 Å². The molecule has 1 nitrogen and oxygen atoms in total. The molecule has 1 aliphatic rings. The standard InChI is InChI=1S/C69H44O/c1-69(2)60-23-9-7-15-50(60)58-39-46(33-37-61(58)69)48-21-12-22-49(47-34-38-63-59(40-47)51-16-8-10-24-62(51)70-63)65(48)43-26-28-44(29-27-43)66-52-17-3-5-19-54(52)68(55-20-6-4-18-53(55)66)57-36-32-45-30-25-41-13-11-14-42-31-35-56(57)67(45)64(41)42/h3-40H,1-2H3. The third-order valence-electron chi connectivity index (χ3n) is 15.8. The molecule has 1 heteroatoms. The molecule has 0 fully saturated rings. The lowest BCUT2D eigenvalue weighted by Gasteiger charge is -2.22. The van der Waals surface area contributed by atoms with Crippen LogP contribution in [0.4, 0.5) is 0 Å². The van der Waals surface area contributed by atoms with Gasteiger partial charge in [0, 0.05) is 16.2 Å². The smallest absolute Gasteiger partial charge is 0.135 e. The van der Waals surface area contributed by atoms with Gasteiger partial charge in [-0.2, -0.15) is 0 Å². The van der Waals surface area contributed by atoms with Crippen molar-refractivity contribution in [1.29, 1.82) is 0 Å². The van der Waals surface area contributed by atoms with Crippen molar-refractivity contribution in [3.63, 3.8) is 0 Å². The summed E-state index contributed by atoms with van der Waals surface area (Å²) in [4.78, 5) is 0. The Morgan fingerprint density at radius 1 is 0.271 bits per heavy atom. The molecular formula is C69H44O. The molecule has 1 aliphatic carbocycles. The molecule has 0 amide bonds. The Labute approximate surface area is 405 Å². The van der Waals surface area contributed by atoms with Crippen molar-refractivity contribution in [2.75, 3.05) is 0 Å². The van der Waals surface area contributed by atoms with Crippen LogP contribution in [0.1, 0.15) is 25.0 Å². The third-order valence-corrected chi connectivity index (χ3v) is 15.8. The fraction of sp³-hybridized carbons (Fsp3) is 0.0435. The summed E-state index contributed by atoms with van der Waals surface area (Å²) in [6.07, 6.45) is 0. The molecule has 70 heavy (non-hydrogen) atoms. The van der Waals surface area contributed by atoms with E-state index < -0.39 is 0 Å². The summed E-state index contributed by atoms with van der Waals surface area (Å²) in [6.45, 7) is 4.71. The molecule has 1 heterocycles. The van der Waals surface area contributed by atoms with Crippen molar-refractivity contribution in [1.82, 2.24) is 0 Å². The lowest BCUT2D eigenvalue weighted by molar-refractivity contribution is 0.660. The Morgan fingerprint density at radius 3 is 1.50 bits per heavy atom. The van der Waals surface area contributed by atoms with Crippen molar-refractivity contribution in [2.45, 2.75) is 19.3 Å². The summed E-state index contributed by atoms with van der Waals surface area (Å²) in [6, 6.07) is 86.0. The molecule has 14 aromatic rings. The van der Waals surface area contributed by atoms with Crippen LogP contribution in [0.25, 0.3) is 143 Å². The predicted octanol–water partition coefficient (Wildman–Crippen LogP) is 19.4. The van der Waals surface area contributed by atoms with E-state index in [9.17, 15) is 0 Å². The van der Waals surface area contributed by atoms with Gasteiger partial charge in [-0.15, -0.1) is 0 Å². The topological polar surface area (TPSA) is 13.1 Å². The quantitative estimate of drug-likeness (QED) is 0.124. The van der Waals surface area contributed by atoms with Crippen LogP contribution >= 0.6 is 0 Å². The maximum atomic E-state index is 6.33. The fourth-order valence-corrected chi connectivity index (χ4v) is 12.6. The van der Waals surface area contributed by atoms with Gasteiger partial charge in [0.15, 0.2) is 0 Å². The molecule has 0 unspecified atom stereocenters. The fourth-order valence-electron chi connectivity index (χ4n) is 12.6. The van der Waals surface area contributed by atoms with E-state index in [4.69, 9.17) is 4.42 Å². The van der Waals surface area contributed by atoms with E-state index in [1.165, 1.54) is 126 Å². The van der Waals surface area contributed by atoms with Gasteiger partial charge in [-0.25, -0.2) is 0 Å². The largest absolute Gasteiger partial charge is 0.456 e. The van der Waals surface area contributed by atoms with Crippen LogP contribution in [0, 0.1) is 0 Å². The average Bonchev–Trinajstić information content (AvgIpc) is 3.90. The first-order valence-corrected chi connectivity index (χ1v) is 24.5. The van der Waals surface area contributed by atoms with E-state index in [-0.39, 0.29) is 5.41 Å². The summed E-state index contributed by atoms with van der Waals surface area (Å²) in [5, 5.41) is 15.1. The second-order valence-electron chi connectivity index (χ2n) is 19.9. The SMILES string of the molecule is CC1(C)c2ccccc2-c2cc(-c3cccc(-c4ccc5oc6ccccc6c5c4)c3-c3ccc(-c4c5ccccc5c(-c5ccc6ccc7cccc8ccc5c6c78)c5ccccc45)cc3)ccc21. The zero-order chi connectivity index (χ0) is 46.2. The molecule has 15 rings (SSSR count). The molecule has 0 aliphatic heterocycles. The van der Waals surface area contributed by atoms with Crippen LogP contribution in [0.2, 0.25) is 0 Å². The minimum absolute atomic E-state index is 0.0672. The third kappa shape index (κ3) is 5.55. The van der Waals surface area contributed by atoms with Crippen LogP contribution in [0.15, 0.2) is 235 Å². The number of hydrogen-bond acceptors (Lipinski definition) is 1. The van der Waals surface area contributed by atoms with E-state index in [1.54, 1.807) is 0 Å². The van der Waals surface area contributed by atoms with Crippen LogP contribution < -0.4 is 0 Å². The second kappa shape index (κ2) is 14.6. The zero-order valence-corrected chi connectivity index (χ0v) is 38.8.